The zero-order valence-electron chi connectivity index (χ0n) is 42.9. The van der Waals surface area contributed by atoms with Crippen molar-refractivity contribution in [3.63, 3.8) is 0 Å². The molecule has 2 aliphatic rings. The van der Waals surface area contributed by atoms with Crippen LogP contribution in [0.15, 0.2) is 84.5 Å². The summed E-state index contributed by atoms with van der Waals surface area (Å²) in [6.45, 7) is 17.4. The van der Waals surface area contributed by atoms with Gasteiger partial charge >= 0.3 is 0 Å². The number of carbonyl (C=O) groups excluding carboxylic acids is 2. The van der Waals surface area contributed by atoms with Crippen LogP contribution in [-0.2, 0) is 31.1 Å². The molecule has 5 atom stereocenters. The van der Waals surface area contributed by atoms with Crippen molar-refractivity contribution < 1.29 is 34.0 Å². The highest BCUT2D eigenvalue weighted by molar-refractivity contribution is 7.13. The number of β-amino-alcohol motifs (C(OH)–C–C–N with tert-alkyl or cyclic N) is 1. The molecule has 2 aromatic heterocycles. The third-order valence-electron chi connectivity index (χ3n) is 13.7. The lowest BCUT2D eigenvalue weighted by atomic mass is 9.78. The van der Waals surface area contributed by atoms with Crippen LogP contribution in [0.5, 0.6) is 5.75 Å². The number of hydrogen-bond acceptors (Lipinski definition) is 15. The minimum Gasteiger partial charge on any atom is -0.487 e. The lowest BCUT2D eigenvalue weighted by Crippen LogP contribution is -2.59. The van der Waals surface area contributed by atoms with Crippen LogP contribution in [0.1, 0.15) is 100 Å². The van der Waals surface area contributed by atoms with Gasteiger partial charge in [-0.2, -0.15) is 5.26 Å². The lowest BCUT2D eigenvalue weighted by Gasteiger charge is -2.37. The highest BCUT2D eigenvalue weighted by Gasteiger charge is 2.44. The minimum atomic E-state index is -1.12. The average molecular weight is 1040 g/mol. The number of nitrogens with one attached hydrogen (secondary N) is 3. The Balaban J connectivity index is 0.771. The summed E-state index contributed by atoms with van der Waals surface area (Å²) in [7, 11) is 0. The van der Waals surface area contributed by atoms with Crippen molar-refractivity contribution in [2.45, 2.75) is 116 Å². The number of thiazole rings is 1. The molecule has 0 saturated carbocycles. The van der Waals surface area contributed by atoms with E-state index >= 15 is 0 Å². The third kappa shape index (κ3) is 15.0. The van der Waals surface area contributed by atoms with E-state index in [2.05, 4.69) is 50.7 Å². The van der Waals surface area contributed by atoms with Crippen LogP contribution >= 0.6 is 22.9 Å². The van der Waals surface area contributed by atoms with Crippen LogP contribution in [0.4, 0.5) is 5.95 Å². The van der Waals surface area contributed by atoms with Gasteiger partial charge in [0.25, 0.3) is 0 Å². The number of nitriles is 1. The summed E-state index contributed by atoms with van der Waals surface area (Å²) in [6.07, 6.45) is 1.85. The second-order valence-corrected chi connectivity index (χ2v) is 21.9. The average Bonchev–Trinajstić information content (AvgIpc) is 3.99. The number of aryl methyl sites for hydroxylation is 1. The molecule has 3 aromatic carbocycles. The summed E-state index contributed by atoms with van der Waals surface area (Å²) in [6, 6.07) is 23.9. The first-order valence-corrected chi connectivity index (χ1v) is 26.3. The largest absolute Gasteiger partial charge is 0.487 e. The van der Waals surface area contributed by atoms with E-state index in [-0.39, 0.29) is 49.6 Å². The van der Waals surface area contributed by atoms with Gasteiger partial charge in [0.2, 0.25) is 17.8 Å². The maximum absolute atomic E-state index is 14.1. The quantitative estimate of drug-likeness (QED) is 0.0338. The third-order valence-corrected chi connectivity index (χ3v) is 14.9. The Morgan fingerprint density at radius 1 is 0.959 bits per heavy atom. The first-order chi connectivity index (χ1) is 34.9. The number of carbonyl (C=O) groups is 2. The molecule has 390 valence electrons. The van der Waals surface area contributed by atoms with Crippen LogP contribution in [0.3, 0.4) is 0 Å². The van der Waals surface area contributed by atoms with Crippen molar-refractivity contribution in [1.82, 2.24) is 35.4 Å². The Bertz CT molecular complexity index is 2650. The van der Waals surface area contributed by atoms with E-state index in [1.165, 1.54) is 4.90 Å². The van der Waals surface area contributed by atoms with Crippen LogP contribution in [0.25, 0.3) is 10.4 Å². The van der Waals surface area contributed by atoms with Gasteiger partial charge in [-0.05, 0) is 97.2 Å². The topological polar surface area (TPSA) is 207 Å². The van der Waals surface area contributed by atoms with Crippen molar-refractivity contribution >= 4 is 40.7 Å². The number of hydrogen-bond donors (Lipinski definition) is 5. The zero-order valence-corrected chi connectivity index (χ0v) is 44.5. The van der Waals surface area contributed by atoms with E-state index in [1.807, 2.05) is 107 Å². The molecule has 2 amide bonds. The lowest BCUT2D eigenvalue weighted by molar-refractivity contribution is -0.143. The van der Waals surface area contributed by atoms with E-state index in [9.17, 15) is 25.1 Å². The fourth-order valence-electron chi connectivity index (χ4n) is 9.29. The smallest absolute Gasteiger partial charge is 0.246 e. The van der Waals surface area contributed by atoms with E-state index in [0.29, 0.717) is 36.4 Å². The molecule has 7 rings (SSSR count). The predicted molar refractivity (Wildman–Crippen MR) is 283 cm³/mol. The molecule has 16 nitrogen and oxygen atoms in total. The van der Waals surface area contributed by atoms with E-state index < -0.39 is 35.7 Å². The highest BCUT2D eigenvalue weighted by Crippen LogP contribution is 2.35. The van der Waals surface area contributed by atoms with Gasteiger partial charge in [0.15, 0.2) is 0 Å². The maximum atomic E-state index is 14.1. The summed E-state index contributed by atoms with van der Waals surface area (Å²) < 4.78 is 17.6. The summed E-state index contributed by atoms with van der Waals surface area (Å²) in [5, 5.41) is 41.6. The number of nitrogens with zero attached hydrogens (tertiary/aromatic N) is 6. The van der Waals surface area contributed by atoms with Crippen LogP contribution < -0.4 is 20.7 Å². The van der Waals surface area contributed by atoms with E-state index in [0.717, 1.165) is 76.7 Å². The monoisotopic (exact) mass is 1040 g/mol. The number of ether oxygens (including phenoxy) is 3. The van der Waals surface area contributed by atoms with E-state index in [4.69, 9.17) is 30.8 Å². The Morgan fingerprint density at radius 2 is 1.68 bits per heavy atom. The number of anilines is 1. The number of aliphatic hydroxyl groups excluding tert-OH is 2. The second kappa shape index (κ2) is 25.1. The molecular weight excluding hydrogens is 966 g/mol. The first kappa shape index (κ1) is 55.2. The molecule has 2 fully saturated rings. The fourth-order valence-corrected chi connectivity index (χ4v) is 10.3. The Hall–Kier alpha value is -5.55. The van der Waals surface area contributed by atoms with Crippen molar-refractivity contribution in [3.8, 4) is 22.3 Å². The highest BCUT2D eigenvalue weighted by atomic mass is 35.5. The molecule has 73 heavy (non-hydrogen) atoms. The molecule has 0 aliphatic carbocycles. The van der Waals surface area contributed by atoms with Gasteiger partial charge in [-0.1, -0.05) is 82.6 Å². The Morgan fingerprint density at radius 3 is 2.37 bits per heavy atom. The molecule has 5 aromatic rings. The molecule has 2 aliphatic heterocycles. The van der Waals surface area contributed by atoms with Gasteiger partial charge < -0.3 is 44.9 Å². The van der Waals surface area contributed by atoms with Crippen molar-refractivity contribution in [2.75, 3.05) is 57.9 Å². The van der Waals surface area contributed by atoms with Gasteiger partial charge in [0.05, 0.1) is 65.4 Å². The van der Waals surface area contributed by atoms with Gasteiger partial charge in [-0.3, -0.25) is 14.9 Å². The van der Waals surface area contributed by atoms with Gasteiger partial charge in [0.1, 0.15) is 31.2 Å². The SMILES string of the molecule is Cc1ncsc1-c1ccc([C@@H](C)NC(O)[C@@H]2C[C@@H](O)CN2C(=O)C(NC(=O)COCCOCCN2CCC(Nc3nccc(COc4ccc(C(C)(C)c5cc(Cl)cc(C#N)c5)cc4)n3)CC2)C(C)(C)C)cc1. The minimum absolute atomic E-state index is 0.0456. The maximum Gasteiger partial charge on any atom is 0.246 e. The number of rotatable bonds is 22. The first-order valence-electron chi connectivity index (χ1n) is 25.0. The van der Waals surface area contributed by atoms with Crippen molar-refractivity contribution in [1.29, 1.82) is 5.26 Å². The predicted octanol–water partition coefficient (Wildman–Crippen LogP) is 7.41. The molecule has 0 radical (unpaired) electrons. The molecule has 0 spiro atoms. The summed E-state index contributed by atoms with van der Waals surface area (Å²) >= 11 is 7.89. The zero-order chi connectivity index (χ0) is 52.3. The van der Waals surface area contributed by atoms with Gasteiger partial charge in [0, 0.05) is 54.9 Å². The standard InChI is InChI=1S/C55H70ClN9O7S/c1-35(38-8-10-39(11-9-38)49-36(2)59-34-73-49)60-51(68)47-29-45(66)31-65(47)52(69)50(54(3,4)5)63-48(67)33-71-25-24-70-23-22-64-20-17-43(18-21-64)61-53-58-19-16-44(62-53)32-72-46-14-12-40(13-15-46)55(6,7)41-26-37(30-57)27-42(56)28-41/h8-16,19,26-28,34-35,43,45,47,50-51,60,66,68H,17-18,20-25,29,31-33H2,1-7H3,(H,63,67)(H,58,61,62)/t35-,45-,47+,50?,51?/m1/s1. The van der Waals surface area contributed by atoms with Gasteiger partial charge in [-0.25, -0.2) is 15.0 Å². The van der Waals surface area contributed by atoms with Crippen molar-refractivity contribution in [3.05, 3.63) is 123 Å². The van der Waals surface area contributed by atoms with Crippen molar-refractivity contribution in [2.24, 2.45) is 5.41 Å². The fraction of sp³-hybridized carbons (Fsp3) is 0.491. The molecule has 2 unspecified atom stereocenters. The molecule has 4 heterocycles. The number of aromatic nitrogens is 3. The number of benzene rings is 3. The number of halogens is 1. The summed E-state index contributed by atoms with van der Waals surface area (Å²) in [4.78, 5) is 45.7. The van der Waals surface area contributed by atoms with E-state index in [1.54, 1.807) is 23.6 Å². The number of amides is 2. The Labute approximate surface area is 438 Å². The van der Waals surface area contributed by atoms with Crippen LogP contribution in [0.2, 0.25) is 5.02 Å². The normalized spacial score (nSPS) is 18.0. The molecule has 2 saturated heterocycles. The van der Waals surface area contributed by atoms with Crippen LogP contribution in [0, 0.1) is 23.7 Å². The molecule has 5 N–H and O–H groups in total. The summed E-state index contributed by atoms with van der Waals surface area (Å²) in [5.74, 6) is 0.478. The molecule has 18 heteroatoms. The number of aliphatic hydroxyl groups is 2. The number of likely N-dealkylation sites (tertiary alicyclic amines) is 2. The molecular formula is C55H70ClN9O7S. The Kier molecular flexibility index (Phi) is 19.0. The summed E-state index contributed by atoms with van der Waals surface area (Å²) in [5.41, 5.74) is 7.13. The second-order valence-electron chi connectivity index (χ2n) is 20.6. The number of piperidine rings is 1. The van der Waals surface area contributed by atoms with Crippen LogP contribution in [-0.4, -0.2) is 130 Å². The molecule has 0 bridgehead atoms. The van der Waals surface area contributed by atoms with Gasteiger partial charge in [-0.15, -0.1) is 11.3 Å².